The van der Waals surface area contributed by atoms with Crippen molar-refractivity contribution in [1.82, 2.24) is 5.32 Å². The molecule has 0 radical (unpaired) electrons. The predicted molar refractivity (Wildman–Crippen MR) is 82.5 cm³/mol. The third-order valence-corrected chi connectivity index (χ3v) is 3.18. The molecule has 0 aliphatic carbocycles. The van der Waals surface area contributed by atoms with E-state index in [1.165, 1.54) is 13.0 Å². The highest BCUT2D eigenvalue weighted by Gasteiger charge is 2.02. The van der Waals surface area contributed by atoms with Crippen molar-refractivity contribution in [3.63, 3.8) is 0 Å². The highest BCUT2D eigenvalue weighted by molar-refractivity contribution is 5.88. The topological polar surface area (TPSA) is 41.1 Å². The van der Waals surface area contributed by atoms with Gasteiger partial charge in [-0.1, -0.05) is 18.2 Å². The highest BCUT2D eigenvalue weighted by Crippen LogP contribution is 2.10. The van der Waals surface area contributed by atoms with Crippen LogP contribution in [-0.2, 0) is 17.8 Å². The molecule has 2 aromatic rings. The summed E-state index contributed by atoms with van der Waals surface area (Å²) in [7, 11) is 0. The Bertz CT molecular complexity index is 642. The van der Waals surface area contributed by atoms with Crippen molar-refractivity contribution in [1.29, 1.82) is 0 Å². The van der Waals surface area contributed by atoms with Crippen LogP contribution in [0.15, 0.2) is 42.5 Å². The molecule has 0 spiro atoms. The van der Waals surface area contributed by atoms with Gasteiger partial charge in [0.05, 0.1) is 0 Å². The summed E-state index contributed by atoms with van der Waals surface area (Å²) in [5.41, 5.74) is 2.61. The zero-order valence-corrected chi connectivity index (χ0v) is 12.3. The zero-order valence-electron chi connectivity index (χ0n) is 12.3. The third kappa shape index (κ3) is 4.93. The van der Waals surface area contributed by atoms with Gasteiger partial charge in [0.1, 0.15) is 0 Å². The minimum atomic E-state index is -0.831. The minimum absolute atomic E-state index is 0.0963. The second-order valence-electron chi connectivity index (χ2n) is 5.05. The predicted octanol–water partition coefficient (Wildman–Crippen LogP) is 3.26. The molecule has 0 aromatic heterocycles. The Balaban J connectivity index is 1.76. The first-order valence-corrected chi connectivity index (χ1v) is 7.06. The van der Waals surface area contributed by atoms with Crippen molar-refractivity contribution < 1.29 is 13.6 Å². The van der Waals surface area contributed by atoms with Gasteiger partial charge in [0.15, 0.2) is 11.6 Å². The standard InChI is InChI=1S/C17H18F2N2O/c1-12(22)21-15-5-2-13(3-6-15)8-9-20-11-14-4-7-16(18)17(19)10-14/h2-7,10,20H,8-9,11H2,1H3,(H,21,22). The molecule has 0 atom stereocenters. The third-order valence-electron chi connectivity index (χ3n) is 3.18. The molecular weight excluding hydrogens is 286 g/mol. The second kappa shape index (κ2) is 7.66. The largest absolute Gasteiger partial charge is 0.326 e. The number of benzene rings is 2. The normalized spacial score (nSPS) is 10.5. The van der Waals surface area contributed by atoms with Crippen molar-refractivity contribution >= 4 is 11.6 Å². The molecule has 3 nitrogen and oxygen atoms in total. The maximum Gasteiger partial charge on any atom is 0.221 e. The first-order valence-electron chi connectivity index (χ1n) is 7.06. The van der Waals surface area contributed by atoms with E-state index in [-0.39, 0.29) is 5.91 Å². The van der Waals surface area contributed by atoms with Gasteiger partial charge in [-0.3, -0.25) is 4.79 Å². The van der Waals surface area contributed by atoms with E-state index >= 15 is 0 Å². The van der Waals surface area contributed by atoms with Crippen LogP contribution in [0.2, 0.25) is 0 Å². The van der Waals surface area contributed by atoms with E-state index in [4.69, 9.17) is 0 Å². The number of anilines is 1. The zero-order chi connectivity index (χ0) is 15.9. The van der Waals surface area contributed by atoms with Crippen LogP contribution < -0.4 is 10.6 Å². The molecule has 22 heavy (non-hydrogen) atoms. The van der Waals surface area contributed by atoms with Crippen molar-refractivity contribution in [3.05, 3.63) is 65.2 Å². The Labute approximate surface area is 128 Å². The molecule has 0 aliphatic rings. The molecule has 116 valence electrons. The lowest BCUT2D eigenvalue weighted by Crippen LogP contribution is -2.16. The number of hydrogen-bond donors (Lipinski definition) is 2. The van der Waals surface area contributed by atoms with Gasteiger partial charge in [0, 0.05) is 19.2 Å². The fourth-order valence-electron chi connectivity index (χ4n) is 2.07. The van der Waals surface area contributed by atoms with Crippen LogP contribution in [-0.4, -0.2) is 12.5 Å². The van der Waals surface area contributed by atoms with Crippen molar-refractivity contribution in [2.24, 2.45) is 0 Å². The van der Waals surface area contributed by atoms with E-state index < -0.39 is 11.6 Å². The summed E-state index contributed by atoms with van der Waals surface area (Å²) in [4.78, 5) is 10.9. The Morgan fingerprint density at radius 2 is 1.68 bits per heavy atom. The van der Waals surface area contributed by atoms with E-state index in [1.807, 2.05) is 24.3 Å². The molecular formula is C17H18F2N2O. The molecule has 0 saturated carbocycles. The lowest BCUT2D eigenvalue weighted by molar-refractivity contribution is -0.114. The van der Waals surface area contributed by atoms with Crippen LogP contribution in [0.1, 0.15) is 18.1 Å². The van der Waals surface area contributed by atoms with Gasteiger partial charge in [-0.25, -0.2) is 8.78 Å². The fourth-order valence-corrected chi connectivity index (χ4v) is 2.07. The van der Waals surface area contributed by atoms with Gasteiger partial charge >= 0.3 is 0 Å². The number of nitrogens with one attached hydrogen (secondary N) is 2. The average molecular weight is 304 g/mol. The van der Waals surface area contributed by atoms with E-state index in [1.54, 1.807) is 6.07 Å². The molecule has 0 aliphatic heterocycles. The van der Waals surface area contributed by atoms with Gasteiger partial charge in [-0.05, 0) is 48.4 Å². The highest BCUT2D eigenvalue weighted by atomic mass is 19.2. The molecule has 0 bridgehead atoms. The number of rotatable bonds is 6. The van der Waals surface area contributed by atoms with Crippen LogP contribution in [0.4, 0.5) is 14.5 Å². The number of carbonyl (C=O) groups is 1. The smallest absolute Gasteiger partial charge is 0.221 e. The summed E-state index contributed by atoms with van der Waals surface area (Å²) in [6, 6.07) is 11.5. The maximum absolute atomic E-state index is 13.0. The van der Waals surface area contributed by atoms with Crippen molar-refractivity contribution in [2.45, 2.75) is 19.9 Å². The lowest BCUT2D eigenvalue weighted by atomic mass is 10.1. The summed E-state index contributed by atoms with van der Waals surface area (Å²) in [6.45, 7) is 2.68. The quantitative estimate of drug-likeness (QED) is 0.804. The van der Waals surface area contributed by atoms with Crippen LogP contribution in [0.25, 0.3) is 0 Å². The Kier molecular flexibility index (Phi) is 5.61. The summed E-state index contributed by atoms with van der Waals surface area (Å²) >= 11 is 0. The van der Waals surface area contributed by atoms with Crippen molar-refractivity contribution in [2.75, 3.05) is 11.9 Å². The second-order valence-corrected chi connectivity index (χ2v) is 5.05. The number of hydrogen-bond acceptors (Lipinski definition) is 2. The summed E-state index contributed by atoms with van der Waals surface area (Å²) in [5, 5.41) is 5.89. The maximum atomic E-state index is 13.0. The lowest BCUT2D eigenvalue weighted by Gasteiger charge is -2.07. The molecule has 2 aromatic carbocycles. The molecule has 0 heterocycles. The SMILES string of the molecule is CC(=O)Nc1ccc(CCNCc2ccc(F)c(F)c2)cc1. The Hall–Kier alpha value is -2.27. The van der Waals surface area contributed by atoms with Crippen LogP contribution in [0.3, 0.4) is 0 Å². The summed E-state index contributed by atoms with van der Waals surface area (Å²) in [6.07, 6.45) is 0.810. The molecule has 0 fully saturated rings. The summed E-state index contributed by atoms with van der Waals surface area (Å²) in [5.74, 6) is -1.75. The molecule has 2 rings (SSSR count). The first kappa shape index (κ1) is 16.1. The van der Waals surface area contributed by atoms with E-state index in [2.05, 4.69) is 10.6 Å². The van der Waals surface area contributed by atoms with E-state index in [9.17, 15) is 13.6 Å². The number of carbonyl (C=O) groups excluding carboxylic acids is 1. The van der Waals surface area contributed by atoms with Gasteiger partial charge in [-0.2, -0.15) is 0 Å². The average Bonchev–Trinajstić information content (AvgIpc) is 2.48. The number of halogens is 2. The molecule has 1 amide bonds. The van der Waals surface area contributed by atoms with Crippen LogP contribution >= 0.6 is 0 Å². The van der Waals surface area contributed by atoms with Gasteiger partial charge in [0.25, 0.3) is 0 Å². The monoisotopic (exact) mass is 304 g/mol. The molecule has 0 saturated heterocycles. The molecule has 2 N–H and O–H groups in total. The van der Waals surface area contributed by atoms with Crippen LogP contribution in [0.5, 0.6) is 0 Å². The van der Waals surface area contributed by atoms with Gasteiger partial charge in [-0.15, -0.1) is 0 Å². The van der Waals surface area contributed by atoms with E-state index in [0.717, 1.165) is 30.3 Å². The van der Waals surface area contributed by atoms with Gasteiger partial charge < -0.3 is 10.6 Å². The van der Waals surface area contributed by atoms with Gasteiger partial charge in [0.2, 0.25) is 5.91 Å². The molecule has 0 unspecified atom stereocenters. The fraction of sp³-hybridized carbons (Fsp3) is 0.235. The number of amides is 1. The molecule has 5 heteroatoms. The Morgan fingerprint density at radius 3 is 2.32 bits per heavy atom. The van der Waals surface area contributed by atoms with Crippen LogP contribution in [0, 0.1) is 11.6 Å². The Morgan fingerprint density at radius 1 is 1.00 bits per heavy atom. The minimum Gasteiger partial charge on any atom is -0.326 e. The summed E-state index contributed by atoms with van der Waals surface area (Å²) < 4.78 is 25.8. The van der Waals surface area contributed by atoms with E-state index in [0.29, 0.717) is 12.1 Å². The first-order chi connectivity index (χ1) is 10.5. The van der Waals surface area contributed by atoms with Crippen molar-refractivity contribution in [3.8, 4) is 0 Å².